The third-order valence-electron chi connectivity index (χ3n) is 3.31. The van der Waals surface area contributed by atoms with Gasteiger partial charge in [-0.2, -0.15) is 11.8 Å². The van der Waals surface area contributed by atoms with Crippen LogP contribution in [0.15, 0.2) is 24.3 Å². The van der Waals surface area contributed by atoms with Crippen LogP contribution in [0.4, 0.5) is 5.82 Å². The van der Waals surface area contributed by atoms with E-state index in [1.54, 1.807) is 7.11 Å². The van der Waals surface area contributed by atoms with Gasteiger partial charge in [-0.15, -0.1) is 0 Å². The largest absolute Gasteiger partial charge is 0.380 e. The average Bonchev–Trinajstić information content (AvgIpc) is 2.95. The van der Waals surface area contributed by atoms with E-state index < -0.39 is 0 Å². The SMILES string of the molecule is CNc1nc(-c2cccc(COC)c2)nc2c1CSC2. The number of anilines is 1. The monoisotopic (exact) mass is 287 g/mol. The lowest BCUT2D eigenvalue weighted by molar-refractivity contribution is 0.185. The van der Waals surface area contributed by atoms with Gasteiger partial charge in [-0.25, -0.2) is 9.97 Å². The van der Waals surface area contributed by atoms with Crippen molar-refractivity contribution in [2.45, 2.75) is 18.1 Å². The standard InChI is InChI=1S/C15H17N3OS/c1-16-15-12-8-20-9-13(12)17-14(18-15)11-5-3-4-10(6-11)7-19-2/h3-6H,7-9H2,1-2H3,(H,16,17,18). The fourth-order valence-corrected chi connectivity index (χ4v) is 3.40. The van der Waals surface area contributed by atoms with Crippen molar-refractivity contribution in [3.8, 4) is 11.4 Å². The summed E-state index contributed by atoms with van der Waals surface area (Å²) in [5.41, 5.74) is 4.57. The van der Waals surface area contributed by atoms with E-state index in [-0.39, 0.29) is 0 Å². The molecule has 1 N–H and O–H groups in total. The van der Waals surface area contributed by atoms with Crippen LogP contribution in [0.1, 0.15) is 16.8 Å². The summed E-state index contributed by atoms with van der Waals surface area (Å²) in [7, 11) is 3.62. The molecule has 0 saturated carbocycles. The molecule has 0 aliphatic carbocycles. The molecule has 104 valence electrons. The summed E-state index contributed by atoms with van der Waals surface area (Å²) in [6.07, 6.45) is 0. The van der Waals surface area contributed by atoms with Crippen LogP contribution < -0.4 is 5.32 Å². The molecule has 0 saturated heterocycles. The van der Waals surface area contributed by atoms with Crippen molar-refractivity contribution in [3.63, 3.8) is 0 Å². The predicted molar refractivity (Wildman–Crippen MR) is 82.7 cm³/mol. The van der Waals surface area contributed by atoms with E-state index in [0.29, 0.717) is 6.61 Å². The van der Waals surface area contributed by atoms with Gasteiger partial charge in [-0.05, 0) is 11.6 Å². The Balaban J connectivity index is 2.04. The van der Waals surface area contributed by atoms with E-state index in [1.807, 2.05) is 30.9 Å². The maximum atomic E-state index is 5.18. The summed E-state index contributed by atoms with van der Waals surface area (Å²) in [5.74, 6) is 3.70. The Kier molecular flexibility index (Phi) is 3.89. The summed E-state index contributed by atoms with van der Waals surface area (Å²) >= 11 is 1.89. The number of nitrogens with zero attached hydrogens (tertiary/aromatic N) is 2. The summed E-state index contributed by atoms with van der Waals surface area (Å²) in [6, 6.07) is 8.21. The van der Waals surface area contributed by atoms with Gasteiger partial charge in [0, 0.05) is 36.8 Å². The summed E-state index contributed by atoms with van der Waals surface area (Å²) in [5, 5.41) is 3.19. The predicted octanol–water partition coefficient (Wildman–Crippen LogP) is 3.08. The molecule has 4 nitrogen and oxygen atoms in total. The van der Waals surface area contributed by atoms with Gasteiger partial charge in [-0.1, -0.05) is 18.2 Å². The maximum Gasteiger partial charge on any atom is 0.161 e. The van der Waals surface area contributed by atoms with Crippen LogP contribution in [-0.4, -0.2) is 24.1 Å². The van der Waals surface area contributed by atoms with Crippen molar-refractivity contribution in [2.24, 2.45) is 0 Å². The molecule has 0 fully saturated rings. The van der Waals surface area contributed by atoms with E-state index in [4.69, 9.17) is 9.72 Å². The van der Waals surface area contributed by atoms with Gasteiger partial charge < -0.3 is 10.1 Å². The number of rotatable bonds is 4. The highest BCUT2D eigenvalue weighted by atomic mass is 32.2. The first-order valence-electron chi connectivity index (χ1n) is 6.55. The van der Waals surface area contributed by atoms with Crippen LogP contribution >= 0.6 is 11.8 Å². The number of aromatic nitrogens is 2. The number of ether oxygens (including phenoxy) is 1. The molecular weight excluding hydrogens is 270 g/mol. The lowest BCUT2D eigenvalue weighted by atomic mass is 10.1. The smallest absolute Gasteiger partial charge is 0.161 e. The lowest BCUT2D eigenvalue weighted by Gasteiger charge is -2.10. The minimum atomic E-state index is 0.605. The summed E-state index contributed by atoms with van der Waals surface area (Å²) < 4.78 is 5.18. The molecule has 1 aliphatic rings. The molecule has 0 amide bonds. The molecule has 1 aromatic heterocycles. The Morgan fingerprint density at radius 1 is 1.30 bits per heavy atom. The molecule has 0 bridgehead atoms. The Labute approximate surface area is 123 Å². The van der Waals surface area contributed by atoms with Crippen LogP contribution in [0.3, 0.4) is 0 Å². The zero-order valence-electron chi connectivity index (χ0n) is 11.6. The normalized spacial score (nSPS) is 13.3. The number of hydrogen-bond donors (Lipinski definition) is 1. The highest BCUT2D eigenvalue weighted by Crippen LogP contribution is 2.34. The van der Waals surface area contributed by atoms with Crippen molar-refractivity contribution in [1.82, 2.24) is 9.97 Å². The zero-order valence-corrected chi connectivity index (χ0v) is 12.5. The van der Waals surface area contributed by atoms with Crippen molar-refractivity contribution >= 4 is 17.6 Å². The van der Waals surface area contributed by atoms with Gasteiger partial charge >= 0.3 is 0 Å². The molecule has 1 aliphatic heterocycles. The molecule has 0 radical (unpaired) electrons. The second-order valence-electron chi connectivity index (χ2n) is 4.70. The van der Waals surface area contributed by atoms with Gasteiger partial charge in [-0.3, -0.25) is 0 Å². The Hall–Kier alpha value is -1.59. The fourth-order valence-electron chi connectivity index (χ4n) is 2.35. The van der Waals surface area contributed by atoms with Crippen LogP contribution in [0.5, 0.6) is 0 Å². The van der Waals surface area contributed by atoms with Gasteiger partial charge in [0.2, 0.25) is 0 Å². The Morgan fingerprint density at radius 3 is 3.00 bits per heavy atom. The first-order valence-corrected chi connectivity index (χ1v) is 7.71. The number of thioether (sulfide) groups is 1. The van der Waals surface area contributed by atoms with Crippen LogP contribution in [0.2, 0.25) is 0 Å². The minimum Gasteiger partial charge on any atom is -0.380 e. The highest BCUT2D eigenvalue weighted by molar-refractivity contribution is 7.98. The van der Waals surface area contributed by atoms with E-state index in [9.17, 15) is 0 Å². The molecule has 0 unspecified atom stereocenters. The number of nitrogens with one attached hydrogen (secondary N) is 1. The van der Waals surface area contributed by atoms with Gasteiger partial charge in [0.25, 0.3) is 0 Å². The van der Waals surface area contributed by atoms with E-state index in [1.165, 1.54) is 5.56 Å². The highest BCUT2D eigenvalue weighted by Gasteiger charge is 2.19. The molecule has 2 heterocycles. The van der Waals surface area contributed by atoms with E-state index in [2.05, 4.69) is 22.4 Å². The fraction of sp³-hybridized carbons (Fsp3) is 0.333. The van der Waals surface area contributed by atoms with Gasteiger partial charge in [0.05, 0.1) is 12.3 Å². The van der Waals surface area contributed by atoms with Crippen molar-refractivity contribution in [2.75, 3.05) is 19.5 Å². The first-order chi connectivity index (χ1) is 9.81. The maximum absolute atomic E-state index is 5.18. The van der Waals surface area contributed by atoms with Gasteiger partial charge in [0.15, 0.2) is 5.82 Å². The number of benzene rings is 1. The Bertz CT molecular complexity index is 631. The third kappa shape index (κ3) is 2.51. The Morgan fingerprint density at radius 2 is 2.20 bits per heavy atom. The molecule has 5 heteroatoms. The molecule has 2 aromatic rings. The summed E-state index contributed by atoms with van der Waals surface area (Å²) in [4.78, 5) is 9.38. The number of fused-ring (bicyclic) bond motifs is 1. The van der Waals surface area contributed by atoms with Gasteiger partial charge in [0.1, 0.15) is 5.82 Å². The van der Waals surface area contributed by atoms with E-state index >= 15 is 0 Å². The second-order valence-corrected chi connectivity index (χ2v) is 5.68. The quantitative estimate of drug-likeness (QED) is 0.936. The van der Waals surface area contributed by atoms with Crippen LogP contribution in [0.25, 0.3) is 11.4 Å². The molecule has 0 atom stereocenters. The molecular formula is C15H17N3OS. The minimum absolute atomic E-state index is 0.605. The first kappa shape index (κ1) is 13.4. The topological polar surface area (TPSA) is 47.0 Å². The second kappa shape index (κ2) is 5.81. The van der Waals surface area contributed by atoms with Crippen LogP contribution in [0, 0.1) is 0 Å². The van der Waals surface area contributed by atoms with Crippen molar-refractivity contribution in [3.05, 3.63) is 41.1 Å². The molecule has 1 aromatic carbocycles. The lowest BCUT2D eigenvalue weighted by Crippen LogP contribution is -2.03. The number of hydrogen-bond acceptors (Lipinski definition) is 5. The van der Waals surface area contributed by atoms with Crippen molar-refractivity contribution in [1.29, 1.82) is 0 Å². The third-order valence-corrected chi connectivity index (χ3v) is 4.28. The number of methoxy groups -OCH3 is 1. The van der Waals surface area contributed by atoms with Crippen LogP contribution in [-0.2, 0) is 22.8 Å². The molecule has 20 heavy (non-hydrogen) atoms. The zero-order chi connectivity index (χ0) is 13.9. The summed E-state index contributed by atoms with van der Waals surface area (Å²) in [6.45, 7) is 0.605. The van der Waals surface area contributed by atoms with E-state index in [0.717, 1.165) is 40.0 Å². The van der Waals surface area contributed by atoms with Crippen molar-refractivity contribution < 1.29 is 4.74 Å². The average molecular weight is 287 g/mol. The molecule has 0 spiro atoms. The molecule has 3 rings (SSSR count).